The first-order valence-electron chi connectivity index (χ1n) is 5.92. The molecule has 110 valence electrons. The van der Waals surface area contributed by atoms with E-state index < -0.39 is 6.10 Å². The van der Waals surface area contributed by atoms with Gasteiger partial charge in [0.2, 0.25) is 6.41 Å². The number of rotatable bonds is 4. The summed E-state index contributed by atoms with van der Waals surface area (Å²) in [5, 5.41) is 19.4. The number of amides is 2. The molecule has 1 rings (SSSR count). The largest absolute Gasteiger partial charge is 0.394 e. The number of ether oxygens (including phenoxy) is 1. The van der Waals surface area contributed by atoms with Crippen molar-refractivity contribution in [1.29, 1.82) is 0 Å². The fourth-order valence-corrected chi connectivity index (χ4v) is 1.42. The van der Waals surface area contributed by atoms with Gasteiger partial charge in [-0.15, -0.1) is 0 Å². The molecule has 7 heteroatoms. The maximum Gasteiger partial charge on any atom is 0.254 e. The minimum absolute atomic E-state index is 0.0683. The smallest absolute Gasteiger partial charge is 0.254 e. The zero-order valence-corrected chi connectivity index (χ0v) is 11.5. The van der Waals surface area contributed by atoms with E-state index in [0.29, 0.717) is 25.0 Å². The Bertz CT molecular complexity index is 317. The van der Waals surface area contributed by atoms with Crippen LogP contribution < -0.4 is 5.32 Å². The second-order valence-corrected chi connectivity index (χ2v) is 4.31. The van der Waals surface area contributed by atoms with Crippen LogP contribution in [0.2, 0.25) is 0 Å². The molecule has 0 aromatic carbocycles. The molecular weight excluding hydrogens is 252 g/mol. The lowest BCUT2D eigenvalue weighted by atomic mass is 10.2. The van der Waals surface area contributed by atoms with Crippen LogP contribution in [-0.4, -0.2) is 66.9 Å². The van der Waals surface area contributed by atoms with Gasteiger partial charge in [0.05, 0.1) is 12.7 Å². The van der Waals surface area contributed by atoms with Crippen molar-refractivity contribution >= 4 is 12.3 Å². The molecule has 0 aromatic rings. The van der Waals surface area contributed by atoms with E-state index in [9.17, 15) is 9.59 Å². The summed E-state index contributed by atoms with van der Waals surface area (Å²) >= 11 is 0. The van der Waals surface area contributed by atoms with Gasteiger partial charge in [0.25, 0.3) is 5.91 Å². The number of carbonyl (C=O) groups is 2. The van der Waals surface area contributed by atoms with Gasteiger partial charge < -0.3 is 19.8 Å². The van der Waals surface area contributed by atoms with Crippen LogP contribution in [0.3, 0.4) is 0 Å². The number of aliphatic hydroxyl groups is 2. The van der Waals surface area contributed by atoms with Gasteiger partial charge in [0, 0.05) is 32.5 Å². The van der Waals surface area contributed by atoms with E-state index in [-0.39, 0.29) is 18.6 Å². The van der Waals surface area contributed by atoms with Crippen molar-refractivity contribution in [3.05, 3.63) is 11.8 Å². The topological polar surface area (TPSA) is 99.1 Å². The van der Waals surface area contributed by atoms with Crippen LogP contribution >= 0.6 is 0 Å². The molecule has 1 heterocycles. The van der Waals surface area contributed by atoms with Crippen molar-refractivity contribution < 1.29 is 24.5 Å². The summed E-state index contributed by atoms with van der Waals surface area (Å²) in [7, 11) is 3.61. The van der Waals surface area contributed by atoms with Crippen LogP contribution in [-0.2, 0) is 14.3 Å². The lowest BCUT2D eigenvalue weighted by molar-refractivity contribution is -0.122. The molecular formula is C12H22N2O5. The second-order valence-electron chi connectivity index (χ2n) is 4.31. The Morgan fingerprint density at radius 1 is 1.53 bits per heavy atom. The monoisotopic (exact) mass is 274 g/mol. The van der Waals surface area contributed by atoms with Crippen molar-refractivity contribution in [3.63, 3.8) is 0 Å². The van der Waals surface area contributed by atoms with Gasteiger partial charge in [0.1, 0.15) is 6.10 Å². The van der Waals surface area contributed by atoms with E-state index in [1.54, 1.807) is 32.1 Å². The van der Waals surface area contributed by atoms with Crippen LogP contribution in [0.25, 0.3) is 0 Å². The van der Waals surface area contributed by atoms with Crippen molar-refractivity contribution in [1.82, 2.24) is 10.2 Å². The van der Waals surface area contributed by atoms with E-state index in [1.807, 2.05) is 5.32 Å². The van der Waals surface area contributed by atoms with E-state index in [2.05, 4.69) is 0 Å². The maximum atomic E-state index is 10.8. The number of nitrogens with one attached hydrogen (secondary N) is 1. The van der Waals surface area contributed by atoms with Crippen LogP contribution in [0.1, 0.15) is 13.3 Å². The van der Waals surface area contributed by atoms with Crippen LogP contribution in [0, 0.1) is 0 Å². The number of carbonyl (C=O) groups excluding carboxylic acids is 2. The van der Waals surface area contributed by atoms with Crippen LogP contribution in [0.4, 0.5) is 0 Å². The Labute approximate surface area is 112 Å². The van der Waals surface area contributed by atoms with Gasteiger partial charge in [0.15, 0.2) is 0 Å². The SMILES string of the molecule is C/C(=C/N(C)C)C(=O)NC=O.OC[C@@H]1OCCC1O. The summed E-state index contributed by atoms with van der Waals surface area (Å²) < 4.78 is 4.91. The highest BCUT2D eigenvalue weighted by Gasteiger charge is 2.24. The molecule has 1 saturated heterocycles. The molecule has 1 aliphatic rings. The third kappa shape index (κ3) is 7.55. The van der Waals surface area contributed by atoms with Gasteiger partial charge in [-0.3, -0.25) is 14.9 Å². The molecule has 1 unspecified atom stereocenters. The quantitative estimate of drug-likeness (QED) is 0.442. The molecule has 3 N–H and O–H groups in total. The Morgan fingerprint density at radius 2 is 2.16 bits per heavy atom. The molecule has 0 aliphatic carbocycles. The van der Waals surface area contributed by atoms with Crippen molar-refractivity contribution in [2.45, 2.75) is 25.6 Å². The zero-order valence-electron chi connectivity index (χ0n) is 11.5. The fraction of sp³-hybridized carbons (Fsp3) is 0.667. The summed E-state index contributed by atoms with van der Waals surface area (Å²) in [6, 6.07) is 0. The Balaban J connectivity index is 0.000000356. The summed E-state index contributed by atoms with van der Waals surface area (Å²) in [4.78, 5) is 22.4. The lowest BCUT2D eigenvalue weighted by Gasteiger charge is -2.07. The molecule has 1 aliphatic heterocycles. The van der Waals surface area contributed by atoms with Crippen molar-refractivity contribution in [2.24, 2.45) is 0 Å². The number of imide groups is 1. The first kappa shape index (κ1) is 17.6. The van der Waals surface area contributed by atoms with Gasteiger partial charge >= 0.3 is 0 Å². The van der Waals surface area contributed by atoms with Crippen molar-refractivity contribution in [3.8, 4) is 0 Å². The molecule has 0 bridgehead atoms. The molecule has 1 fully saturated rings. The lowest BCUT2D eigenvalue weighted by Crippen LogP contribution is -2.24. The molecule has 2 atom stereocenters. The van der Waals surface area contributed by atoms with Crippen LogP contribution in [0.15, 0.2) is 11.8 Å². The van der Waals surface area contributed by atoms with Crippen LogP contribution in [0.5, 0.6) is 0 Å². The Hall–Kier alpha value is -1.44. The molecule has 7 nitrogen and oxygen atoms in total. The van der Waals surface area contributed by atoms with Gasteiger partial charge in [-0.05, 0) is 13.3 Å². The first-order chi connectivity index (χ1) is 8.92. The minimum atomic E-state index is -0.444. The van der Waals surface area contributed by atoms with E-state index in [4.69, 9.17) is 14.9 Å². The normalized spacial score (nSPS) is 22.3. The van der Waals surface area contributed by atoms with Gasteiger partial charge in [-0.2, -0.15) is 0 Å². The summed E-state index contributed by atoms with van der Waals surface area (Å²) in [5.74, 6) is -0.367. The van der Waals surface area contributed by atoms with E-state index in [0.717, 1.165) is 0 Å². The minimum Gasteiger partial charge on any atom is -0.394 e. The maximum absolute atomic E-state index is 10.8. The predicted molar refractivity (Wildman–Crippen MR) is 69.1 cm³/mol. The molecule has 19 heavy (non-hydrogen) atoms. The third-order valence-corrected chi connectivity index (χ3v) is 2.35. The van der Waals surface area contributed by atoms with E-state index >= 15 is 0 Å². The highest BCUT2D eigenvalue weighted by atomic mass is 16.5. The molecule has 2 amide bonds. The second kappa shape index (κ2) is 9.48. The standard InChI is InChI=1S/C7H12N2O2.C5H10O3/c1-6(4-9(2)3)7(11)8-5-10;6-3-5-4(7)1-2-8-5/h4-5H,1-3H3,(H,8,10,11);4-7H,1-3H2/b6-4-;/t;4?,5-/m.0/s1. The van der Waals surface area contributed by atoms with Gasteiger partial charge in [-0.25, -0.2) is 0 Å². The van der Waals surface area contributed by atoms with E-state index in [1.165, 1.54) is 0 Å². The molecule has 0 saturated carbocycles. The average molecular weight is 274 g/mol. The predicted octanol–water partition coefficient (Wildman–Crippen LogP) is -1.15. The number of hydrogen-bond donors (Lipinski definition) is 3. The highest BCUT2D eigenvalue weighted by molar-refractivity contribution is 5.98. The highest BCUT2D eigenvalue weighted by Crippen LogP contribution is 2.11. The number of nitrogens with zero attached hydrogens (tertiary/aromatic N) is 1. The number of aliphatic hydroxyl groups excluding tert-OH is 2. The average Bonchev–Trinajstić information content (AvgIpc) is 2.75. The Morgan fingerprint density at radius 3 is 2.47 bits per heavy atom. The zero-order chi connectivity index (χ0) is 14.8. The third-order valence-electron chi connectivity index (χ3n) is 2.35. The summed E-state index contributed by atoms with van der Waals surface area (Å²) in [6.45, 7) is 2.15. The van der Waals surface area contributed by atoms with Crippen molar-refractivity contribution in [2.75, 3.05) is 27.3 Å². The summed E-state index contributed by atoms with van der Waals surface area (Å²) in [5.41, 5.74) is 0.502. The number of hydrogen-bond acceptors (Lipinski definition) is 6. The molecule has 0 spiro atoms. The Kier molecular flexibility index (Phi) is 8.77. The van der Waals surface area contributed by atoms with Gasteiger partial charge in [-0.1, -0.05) is 0 Å². The molecule has 0 aromatic heterocycles. The fourth-order valence-electron chi connectivity index (χ4n) is 1.42. The first-order valence-corrected chi connectivity index (χ1v) is 5.92. The summed E-state index contributed by atoms with van der Waals surface area (Å²) in [6.07, 6.45) is 1.90. The molecule has 0 radical (unpaired) electrons.